The smallest absolute Gasteiger partial charge is 0.244 e. The number of rotatable bonds is 4. The van der Waals surface area contributed by atoms with E-state index in [4.69, 9.17) is 4.74 Å². The number of likely N-dealkylation sites (tertiary alicyclic amines) is 1. The molecular formula is C14H17N5O2. The summed E-state index contributed by atoms with van der Waals surface area (Å²) in [5, 5.41) is 10.8. The van der Waals surface area contributed by atoms with E-state index >= 15 is 0 Å². The summed E-state index contributed by atoms with van der Waals surface area (Å²) in [5.74, 6) is 0.847. The summed E-state index contributed by atoms with van der Waals surface area (Å²) in [4.78, 5) is 14.3. The molecule has 1 aromatic carbocycles. The Morgan fingerprint density at radius 3 is 3.14 bits per heavy atom. The van der Waals surface area contributed by atoms with Crippen LogP contribution in [0.1, 0.15) is 24.4 Å². The van der Waals surface area contributed by atoms with Crippen molar-refractivity contribution >= 4 is 5.91 Å². The zero-order chi connectivity index (χ0) is 14.7. The van der Waals surface area contributed by atoms with E-state index in [9.17, 15) is 4.79 Å². The Morgan fingerprint density at radius 2 is 2.38 bits per heavy atom. The van der Waals surface area contributed by atoms with Crippen LogP contribution in [0.2, 0.25) is 0 Å². The Labute approximate surface area is 122 Å². The molecule has 1 aliphatic heterocycles. The van der Waals surface area contributed by atoms with Crippen LogP contribution in [0.3, 0.4) is 0 Å². The van der Waals surface area contributed by atoms with Crippen LogP contribution in [-0.4, -0.2) is 44.7 Å². The van der Waals surface area contributed by atoms with Crippen molar-refractivity contribution in [2.75, 3.05) is 13.7 Å². The molecule has 0 saturated carbocycles. The van der Waals surface area contributed by atoms with Crippen LogP contribution in [0.5, 0.6) is 5.75 Å². The summed E-state index contributed by atoms with van der Waals surface area (Å²) in [7, 11) is 1.65. The monoisotopic (exact) mass is 287 g/mol. The molecule has 0 radical (unpaired) electrons. The van der Waals surface area contributed by atoms with Gasteiger partial charge >= 0.3 is 0 Å². The second kappa shape index (κ2) is 5.90. The molecule has 1 fully saturated rings. The third kappa shape index (κ3) is 2.86. The summed E-state index contributed by atoms with van der Waals surface area (Å²) in [6, 6.07) is 8.00. The third-order valence-electron chi connectivity index (χ3n) is 3.74. The Bertz CT molecular complexity index is 614. The summed E-state index contributed by atoms with van der Waals surface area (Å²) in [6.07, 6.45) is 3.42. The maximum Gasteiger partial charge on any atom is 0.244 e. The van der Waals surface area contributed by atoms with E-state index in [-0.39, 0.29) is 18.5 Å². The Hall–Kier alpha value is -2.44. The minimum absolute atomic E-state index is 0.0348. The molecule has 0 aliphatic carbocycles. The Morgan fingerprint density at radius 1 is 1.48 bits per heavy atom. The number of tetrazole rings is 1. The van der Waals surface area contributed by atoms with Gasteiger partial charge in [0.25, 0.3) is 0 Å². The molecule has 110 valence electrons. The molecular weight excluding hydrogens is 270 g/mol. The Balaban J connectivity index is 1.76. The highest BCUT2D eigenvalue weighted by Crippen LogP contribution is 2.33. The van der Waals surface area contributed by atoms with Crippen molar-refractivity contribution in [3.8, 4) is 5.75 Å². The number of amides is 1. The highest BCUT2D eigenvalue weighted by Gasteiger charge is 2.30. The highest BCUT2D eigenvalue weighted by atomic mass is 16.5. The first-order valence-corrected chi connectivity index (χ1v) is 6.92. The van der Waals surface area contributed by atoms with E-state index in [2.05, 4.69) is 15.5 Å². The summed E-state index contributed by atoms with van der Waals surface area (Å²) in [6.45, 7) is 0.941. The SMILES string of the molecule is COc1cccc([C@H]2CCCN2C(=O)Cn2cnnn2)c1. The number of aromatic nitrogens is 4. The molecule has 0 N–H and O–H groups in total. The van der Waals surface area contributed by atoms with Crippen molar-refractivity contribution in [2.24, 2.45) is 0 Å². The van der Waals surface area contributed by atoms with E-state index in [0.717, 1.165) is 30.7 Å². The van der Waals surface area contributed by atoms with Crippen LogP contribution in [-0.2, 0) is 11.3 Å². The van der Waals surface area contributed by atoms with Crippen molar-refractivity contribution in [1.29, 1.82) is 0 Å². The first-order valence-electron chi connectivity index (χ1n) is 6.92. The maximum absolute atomic E-state index is 12.4. The lowest BCUT2D eigenvalue weighted by molar-refractivity contribution is -0.133. The van der Waals surface area contributed by atoms with Crippen LogP contribution in [0.15, 0.2) is 30.6 Å². The lowest BCUT2D eigenvalue weighted by atomic mass is 10.0. The number of hydrogen-bond acceptors (Lipinski definition) is 5. The summed E-state index contributed by atoms with van der Waals surface area (Å²) < 4.78 is 6.71. The molecule has 3 rings (SSSR count). The maximum atomic E-state index is 12.4. The fraction of sp³-hybridized carbons (Fsp3) is 0.429. The number of methoxy groups -OCH3 is 1. The van der Waals surface area contributed by atoms with Gasteiger partial charge in [-0.2, -0.15) is 0 Å². The predicted octanol–water partition coefficient (Wildman–Crippen LogP) is 1.05. The van der Waals surface area contributed by atoms with Crippen molar-refractivity contribution in [1.82, 2.24) is 25.1 Å². The molecule has 2 aromatic rings. The molecule has 2 heterocycles. The molecule has 7 nitrogen and oxygen atoms in total. The normalized spacial score (nSPS) is 18.0. The largest absolute Gasteiger partial charge is 0.497 e. The van der Waals surface area contributed by atoms with Crippen LogP contribution in [0, 0.1) is 0 Å². The molecule has 1 aliphatic rings. The zero-order valence-corrected chi connectivity index (χ0v) is 11.8. The second-order valence-corrected chi connectivity index (χ2v) is 5.03. The van der Waals surface area contributed by atoms with Gasteiger partial charge in [-0.25, -0.2) is 4.68 Å². The van der Waals surface area contributed by atoms with Crippen LogP contribution in [0.4, 0.5) is 0 Å². The van der Waals surface area contributed by atoms with E-state index < -0.39 is 0 Å². The minimum atomic E-state index is 0.0348. The molecule has 1 amide bonds. The van der Waals surface area contributed by atoms with Crippen molar-refractivity contribution < 1.29 is 9.53 Å². The molecule has 0 spiro atoms. The molecule has 1 atom stereocenters. The van der Waals surface area contributed by atoms with Gasteiger partial charge in [0.2, 0.25) is 5.91 Å². The first-order chi connectivity index (χ1) is 10.3. The molecule has 7 heteroatoms. The topological polar surface area (TPSA) is 73.1 Å². The molecule has 1 aromatic heterocycles. The number of hydrogen-bond donors (Lipinski definition) is 0. The van der Waals surface area contributed by atoms with E-state index in [0.29, 0.717) is 0 Å². The fourth-order valence-corrected chi connectivity index (χ4v) is 2.74. The molecule has 21 heavy (non-hydrogen) atoms. The number of benzene rings is 1. The minimum Gasteiger partial charge on any atom is -0.497 e. The van der Waals surface area contributed by atoms with Crippen molar-refractivity contribution in [3.63, 3.8) is 0 Å². The van der Waals surface area contributed by atoms with E-state index in [1.807, 2.05) is 29.2 Å². The predicted molar refractivity (Wildman–Crippen MR) is 74.5 cm³/mol. The highest BCUT2D eigenvalue weighted by molar-refractivity contribution is 5.76. The Kier molecular flexibility index (Phi) is 3.81. The van der Waals surface area contributed by atoms with Gasteiger partial charge in [0.15, 0.2) is 0 Å². The first kappa shape index (κ1) is 13.5. The van der Waals surface area contributed by atoms with Crippen LogP contribution in [0.25, 0.3) is 0 Å². The number of nitrogens with zero attached hydrogens (tertiary/aromatic N) is 5. The average molecular weight is 287 g/mol. The van der Waals surface area contributed by atoms with Crippen molar-refractivity contribution in [2.45, 2.75) is 25.4 Å². The van der Waals surface area contributed by atoms with Gasteiger partial charge in [0.1, 0.15) is 18.6 Å². The quantitative estimate of drug-likeness (QED) is 0.840. The summed E-state index contributed by atoms with van der Waals surface area (Å²) in [5.41, 5.74) is 1.11. The number of carbonyl (C=O) groups excluding carboxylic acids is 1. The van der Waals surface area contributed by atoms with E-state index in [1.54, 1.807) is 7.11 Å². The number of carbonyl (C=O) groups is 1. The van der Waals surface area contributed by atoms with Gasteiger partial charge in [-0.3, -0.25) is 4.79 Å². The number of ether oxygens (including phenoxy) is 1. The van der Waals surface area contributed by atoms with Gasteiger partial charge in [-0.15, -0.1) is 5.10 Å². The average Bonchev–Trinajstić information content (AvgIpc) is 3.18. The van der Waals surface area contributed by atoms with Gasteiger partial charge in [0.05, 0.1) is 13.2 Å². The van der Waals surface area contributed by atoms with Gasteiger partial charge in [-0.05, 0) is 41.0 Å². The van der Waals surface area contributed by atoms with Crippen molar-refractivity contribution in [3.05, 3.63) is 36.2 Å². The molecule has 0 bridgehead atoms. The van der Waals surface area contributed by atoms with Gasteiger partial charge in [0, 0.05) is 6.54 Å². The fourth-order valence-electron chi connectivity index (χ4n) is 2.74. The van der Waals surface area contributed by atoms with Gasteiger partial charge < -0.3 is 9.64 Å². The van der Waals surface area contributed by atoms with Crippen LogP contribution >= 0.6 is 0 Å². The van der Waals surface area contributed by atoms with E-state index in [1.165, 1.54) is 11.0 Å². The third-order valence-corrected chi connectivity index (χ3v) is 3.74. The lowest BCUT2D eigenvalue weighted by Gasteiger charge is -2.25. The van der Waals surface area contributed by atoms with Gasteiger partial charge in [-0.1, -0.05) is 12.1 Å². The molecule has 1 saturated heterocycles. The standard InChI is InChI=1S/C14H17N5O2/c1-21-12-5-2-4-11(8-12)13-6-3-7-19(13)14(20)9-18-10-15-16-17-18/h2,4-5,8,10,13H,3,6-7,9H2,1H3/t13-/m1/s1. The lowest BCUT2D eigenvalue weighted by Crippen LogP contribution is -2.33. The molecule has 0 unspecified atom stereocenters. The summed E-state index contributed by atoms with van der Waals surface area (Å²) >= 11 is 0. The zero-order valence-electron chi connectivity index (χ0n) is 11.8. The second-order valence-electron chi connectivity index (χ2n) is 5.03. The van der Waals surface area contributed by atoms with Crippen LogP contribution < -0.4 is 4.74 Å².